The van der Waals surface area contributed by atoms with E-state index in [0.717, 1.165) is 5.33 Å². The lowest BCUT2D eigenvalue weighted by Gasteiger charge is -2.09. The monoisotopic (exact) mass is 230 g/mol. The Bertz CT molecular complexity index is 221. The van der Waals surface area contributed by atoms with E-state index in [4.69, 9.17) is 5.11 Å². The Morgan fingerprint density at radius 3 is 3.08 bits per heavy atom. The van der Waals surface area contributed by atoms with Crippen molar-refractivity contribution in [2.75, 3.05) is 5.33 Å². The average molecular weight is 231 g/mol. The van der Waals surface area contributed by atoms with Crippen LogP contribution in [0.25, 0.3) is 0 Å². The summed E-state index contributed by atoms with van der Waals surface area (Å²) in [5, 5.41) is 9.58. The van der Waals surface area contributed by atoms with Gasteiger partial charge in [0.15, 0.2) is 0 Å². The van der Waals surface area contributed by atoms with Crippen LogP contribution in [0.4, 0.5) is 0 Å². The van der Waals surface area contributed by atoms with Gasteiger partial charge in [-0.25, -0.2) is 0 Å². The lowest BCUT2D eigenvalue weighted by atomic mass is 9.95. The highest BCUT2D eigenvalue weighted by atomic mass is 79.9. The lowest BCUT2D eigenvalue weighted by molar-refractivity contribution is -0.142. The van der Waals surface area contributed by atoms with Gasteiger partial charge in [-0.15, -0.1) is 0 Å². The molecule has 66 valence electrons. The molecule has 3 heteroatoms. The maximum atomic E-state index is 10.7. The molecule has 2 atom stereocenters. The predicted octanol–water partition coefficient (Wildman–Crippen LogP) is 2.21. The van der Waals surface area contributed by atoms with Gasteiger partial charge in [0, 0.05) is 11.2 Å². The topological polar surface area (TPSA) is 37.3 Å². The molecule has 1 rings (SSSR count). The van der Waals surface area contributed by atoms with Crippen molar-refractivity contribution in [3.8, 4) is 0 Å². The summed E-state index contributed by atoms with van der Waals surface area (Å²) in [5.41, 5.74) is 0. The standard InChI is InChI=1S/C9H11BrO2/c10-6-2-4-7-3-1-5-8(7)9(11)12/h1-4,7-8H,5-6H2,(H,11,12). The third-order valence-corrected chi connectivity index (χ3v) is 2.35. The summed E-state index contributed by atoms with van der Waals surface area (Å²) in [6.07, 6.45) is 8.43. The summed E-state index contributed by atoms with van der Waals surface area (Å²) in [6.45, 7) is 0. The third kappa shape index (κ3) is 2.21. The average Bonchev–Trinajstić information content (AvgIpc) is 2.48. The number of carboxylic acid groups (broad SMARTS) is 1. The SMILES string of the molecule is O=C(O)C1CC=CC1C=CCBr. The fourth-order valence-corrected chi connectivity index (χ4v) is 1.56. The van der Waals surface area contributed by atoms with Gasteiger partial charge >= 0.3 is 5.97 Å². The lowest BCUT2D eigenvalue weighted by Crippen LogP contribution is -2.16. The van der Waals surface area contributed by atoms with Crippen LogP contribution in [-0.4, -0.2) is 16.4 Å². The van der Waals surface area contributed by atoms with Crippen LogP contribution < -0.4 is 0 Å². The van der Waals surface area contributed by atoms with Crippen molar-refractivity contribution >= 4 is 21.9 Å². The van der Waals surface area contributed by atoms with Crippen LogP contribution in [0, 0.1) is 11.8 Å². The molecule has 0 heterocycles. The summed E-state index contributed by atoms with van der Waals surface area (Å²) in [5.74, 6) is -0.871. The van der Waals surface area contributed by atoms with Gasteiger partial charge in [-0.3, -0.25) is 4.79 Å². The summed E-state index contributed by atoms with van der Waals surface area (Å²) in [4.78, 5) is 10.7. The molecule has 0 amide bonds. The number of hydrogen-bond acceptors (Lipinski definition) is 1. The molecule has 12 heavy (non-hydrogen) atoms. The van der Waals surface area contributed by atoms with Gasteiger partial charge < -0.3 is 5.11 Å². The highest BCUT2D eigenvalue weighted by Gasteiger charge is 2.26. The quantitative estimate of drug-likeness (QED) is 0.597. The number of hydrogen-bond donors (Lipinski definition) is 1. The zero-order chi connectivity index (χ0) is 8.97. The first kappa shape index (κ1) is 9.52. The molecule has 1 aliphatic carbocycles. The second-order valence-corrected chi connectivity index (χ2v) is 3.42. The van der Waals surface area contributed by atoms with Crippen molar-refractivity contribution in [1.82, 2.24) is 0 Å². The van der Waals surface area contributed by atoms with Crippen LogP contribution in [0.15, 0.2) is 24.3 Å². The molecule has 0 aromatic rings. The highest BCUT2D eigenvalue weighted by molar-refractivity contribution is 9.09. The van der Waals surface area contributed by atoms with Gasteiger partial charge in [0.25, 0.3) is 0 Å². The zero-order valence-electron chi connectivity index (χ0n) is 6.61. The molecule has 0 radical (unpaired) electrons. The van der Waals surface area contributed by atoms with Crippen molar-refractivity contribution in [1.29, 1.82) is 0 Å². The van der Waals surface area contributed by atoms with E-state index in [9.17, 15) is 4.79 Å². The normalized spacial score (nSPS) is 28.4. The fourth-order valence-electron chi connectivity index (χ4n) is 1.35. The molecule has 0 aromatic carbocycles. The van der Waals surface area contributed by atoms with E-state index in [2.05, 4.69) is 15.9 Å². The first-order chi connectivity index (χ1) is 5.75. The second-order valence-electron chi connectivity index (χ2n) is 2.77. The van der Waals surface area contributed by atoms with Crippen LogP contribution in [-0.2, 0) is 4.79 Å². The first-order valence-corrected chi connectivity index (χ1v) is 5.00. The molecule has 2 nitrogen and oxygen atoms in total. The first-order valence-electron chi connectivity index (χ1n) is 3.88. The molecule has 2 unspecified atom stereocenters. The Morgan fingerprint density at radius 2 is 2.50 bits per heavy atom. The minimum Gasteiger partial charge on any atom is -0.481 e. The van der Waals surface area contributed by atoms with E-state index in [1.807, 2.05) is 24.3 Å². The number of alkyl halides is 1. The zero-order valence-corrected chi connectivity index (χ0v) is 8.20. The Balaban J connectivity index is 2.57. The third-order valence-electron chi connectivity index (χ3n) is 1.98. The van der Waals surface area contributed by atoms with Gasteiger partial charge in [0.1, 0.15) is 0 Å². The molecule has 1 aliphatic rings. The summed E-state index contributed by atoms with van der Waals surface area (Å²) in [7, 11) is 0. The largest absolute Gasteiger partial charge is 0.481 e. The molecule has 0 spiro atoms. The number of carbonyl (C=O) groups is 1. The van der Waals surface area contributed by atoms with Crippen LogP contribution in [0.1, 0.15) is 6.42 Å². The smallest absolute Gasteiger partial charge is 0.307 e. The number of rotatable bonds is 3. The summed E-state index contributed by atoms with van der Waals surface area (Å²) < 4.78 is 0. The van der Waals surface area contributed by atoms with E-state index in [-0.39, 0.29) is 11.8 Å². The number of carboxylic acids is 1. The van der Waals surface area contributed by atoms with Gasteiger partial charge in [0.2, 0.25) is 0 Å². The molecular formula is C9H11BrO2. The molecule has 1 N–H and O–H groups in total. The van der Waals surface area contributed by atoms with Gasteiger partial charge in [-0.2, -0.15) is 0 Å². The van der Waals surface area contributed by atoms with Crippen LogP contribution in [0.2, 0.25) is 0 Å². The summed E-state index contributed by atoms with van der Waals surface area (Å²) in [6, 6.07) is 0. The molecule has 0 fully saturated rings. The number of halogens is 1. The molecule has 0 aliphatic heterocycles. The van der Waals surface area contributed by atoms with E-state index < -0.39 is 5.97 Å². The molecule has 0 saturated heterocycles. The highest BCUT2D eigenvalue weighted by Crippen LogP contribution is 2.26. The Morgan fingerprint density at radius 1 is 1.75 bits per heavy atom. The van der Waals surface area contributed by atoms with Crippen molar-refractivity contribution in [3.05, 3.63) is 24.3 Å². The van der Waals surface area contributed by atoms with Crippen molar-refractivity contribution in [3.63, 3.8) is 0 Å². The number of aliphatic carboxylic acids is 1. The molecule has 0 aromatic heterocycles. The van der Waals surface area contributed by atoms with Gasteiger partial charge in [-0.05, 0) is 6.42 Å². The van der Waals surface area contributed by atoms with Gasteiger partial charge in [0.05, 0.1) is 5.92 Å². The molecule has 0 bridgehead atoms. The Labute approximate surface area is 80.1 Å². The Kier molecular flexibility index (Phi) is 3.53. The summed E-state index contributed by atoms with van der Waals surface area (Å²) >= 11 is 3.26. The van der Waals surface area contributed by atoms with E-state index in [1.54, 1.807) is 0 Å². The minimum absolute atomic E-state index is 0.0834. The second kappa shape index (κ2) is 4.45. The predicted molar refractivity (Wildman–Crippen MR) is 51.3 cm³/mol. The van der Waals surface area contributed by atoms with Crippen LogP contribution in [0.5, 0.6) is 0 Å². The Hall–Kier alpha value is -0.570. The molecular weight excluding hydrogens is 220 g/mol. The maximum Gasteiger partial charge on any atom is 0.307 e. The maximum absolute atomic E-state index is 10.7. The van der Waals surface area contributed by atoms with Crippen molar-refractivity contribution < 1.29 is 9.90 Å². The minimum atomic E-state index is -0.704. The molecule has 0 saturated carbocycles. The fraction of sp³-hybridized carbons (Fsp3) is 0.444. The number of allylic oxidation sites excluding steroid dienone is 4. The van der Waals surface area contributed by atoms with E-state index >= 15 is 0 Å². The van der Waals surface area contributed by atoms with Crippen molar-refractivity contribution in [2.45, 2.75) is 6.42 Å². The van der Waals surface area contributed by atoms with Crippen LogP contribution >= 0.6 is 15.9 Å². The van der Waals surface area contributed by atoms with E-state index in [1.165, 1.54) is 0 Å². The van der Waals surface area contributed by atoms with Crippen molar-refractivity contribution in [2.24, 2.45) is 11.8 Å². The van der Waals surface area contributed by atoms with Gasteiger partial charge in [-0.1, -0.05) is 40.2 Å². The van der Waals surface area contributed by atoms with Crippen LogP contribution in [0.3, 0.4) is 0 Å². The van der Waals surface area contributed by atoms with E-state index in [0.29, 0.717) is 6.42 Å².